The average Bonchev–Trinajstić information content (AvgIpc) is 3.79. The predicted molar refractivity (Wildman–Crippen MR) is 199 cm³/mol. The average molecular weight is 724 g/mol. The first-order valence-electron chi connectivity index (χ1n) is 16.7. The Labute approximate surface area is 302 Å². The summed E-state index contributed by atoms with van der Waals surface area (Å²) >= 11 is 6.36. The summed E-state index contributed by atoms with van der Waals surface area (Å²) in [6, 6.07) is 39.5. The van der Waals surface area contributed by atoms with Crippen molar-refractivity contribution in [3.8, 4) is 0 Å². The Morgan fingerprint density at radius 1 is 0.941 bits per heavy atom. The number of hydrogen-bond donors (Lipinski definition) is 3. The van der Waals surface area contributed by atoms with Crippen molar-refractivity contribution in [2.45, 2.75) is 36.5 Å². The summed E-state index contributed by atoms with van der Waals surface area (Å²) in [5, 5.41) is 10.2. The minimum absolute atomic E-state index is 0.0386. The van der Waals surface area contributed by atoms with Crippen molar-refractivity contribution in [1.82, 2.24) is 24.9 Å². The van der Waals surface area contributed by atoms with Gasteiger partial charge in [-0.1, -0.05) is 109 Å². The van der Waals surface area contributed by atoms with Crippen LogP contribution in [0.25, 0.3) is 0 Å². The summed E-state index contributed by atoms with van der Waals surface area (Å²) in [6.45, 7) is -3.64. The smallest absolute Gasteiger partial charge is 0.351 e. The van der Waals surface area contributed by atoms with Gasteiger partial charge >= 0.3 is 6.87 Å². The van der Waals surface area contributed by atoms with Gasteiger partial charge in [0.2, 0.25) is 0 Å². The van der Waals surface area contributed by atoms with Crippen LogP contribution in [0.4, 0.5) is 5.82 Å². The molecule has 0 aliphatic carbocycles. The van der Waals surface area contributed by atoms with E-state index in [-0.39, 0.29) is 18.6 Å². The topological polar surface area (TPSA) is 122 Å². The number of aliphatic imine (C=N–C) groups is 1. The third kappa shape index (κ3) is 7.14. The van der Waals surface area contributed by atoms with E-state index in [1.807, 2.05) is 77.4 Å². The van der Waals surface area contributed by atoms with Crippen molar-refractivity contribution in [3.63, 3.8) is 0 Å². The van der Waals surface area contributed by atoms with E-state index in [1.165, 1.54) is 4.67 Å². The first kappa shape index (κ1) is 34.8. The number of hydrogen-bond acceptors (Lipinski definition) is 8. The number of imidazole rings is 1. The number of carbonyl (C=O) groups is 1. The van der Waals surface area contributed by atoms with E-state index >= 15 is 0 Å². The number of ether oxygens (including phenoxy) is 1. The van der Waals surface area contributed by atoms with Crippen LogP contribution < -0.4 is 16.0 Å². The lowest BCUT2D eigenvalue weighted by Gasteiger charge is -2.40. The van der Waals surface area contributed by atoms with E-state index in [9.17, 15) is 9.36 Å². The zero-order chi connectivity index (χ0) is 35.4. The Kier molecular flexibility index (Phi) is 10.2. The van der Waals surface area contributed by atoms with Crippen LogP contribution in [-0.4, -0.2) is 59.3 Å². The van der Waals surface area contributed by atoms with Crippen molar-refractivity contribution in [2.75, 3.05) is 26.0 Å². The molecule has 13 heteroatoms. The number of benzene rings is 4. The molecule has 3 heterocycles. The van der Waals surface area contributed by atoms with Crippen LogP contribution >= 0.6 is 18.1 Å². The summed E-state index contributed by atoms with van der Waals surface area (Å²) in [4.78, 5) is 22.2. The number of fused-ring (bicyclic) bond motifs is 1. The van der Waals surface area contributed by atoms with E-state index in [0.717, 1.165) is 16.7 Å². The molecule has 2 aliphatic rings. The van der Waals surface area contributed by atoms with Crippen LogP contribution in [0.2, 0.25) is 0 Å². The van der Waals surface area contributed by atoms with E-state index < -0.39 is 30.9 Å². The third-order valence-corrected chi connectivity index (χ3v) is 11.9. The lowest BCUT2D eigenvalue weighted by Crippen LogP contribution is -2.53. The number of nitrogens with zero attached hydrogens (tertiary/aromatic N) is 4. The molecule has 1 fully saturated rings. The molecule has 4 aromatic carbocycles. The molecule has 5 aromatic rings. The van der Waals surface area contributed by atoms with Gasteiger partial charge in [0.15, 0.2) is 6.17 Å². The van der Waals surface area contributed by atoms with Gasteiger partial charge in [-0.25, -0.2) is 14.6 Å². The third-order valence-electron chi connectivity index (χ3n) is 9.25. The maximum atomic E-state index is 13.2. The normalized spacial score (nSPS) is 21.1. The van der Waals surface area contributed by atoms with Gasteiger partial charge in [-0.05, 0) is 54.2 Å². The van der Waals surface area contributed by atoms with Gasteiger partial charge in [0.05, 0.1) is 30.9 Å². The van der Waals surface area contributed by atoms with E-state index in [0.29, 0.717) is 23.5 Å². The van der Waals surface area contributed by atoms with Gasteiger partial charge in [-0.15, -0.1) is 0 Å². The molecule has 5 unspecified atom stereocenters. The standard InChI is InChI=1S/C38H39ClN7O4P/c1-45(2)51(39,48)49-24-32-31(44-38(28-17-9-4-10-18-28,29-19-11-5-12-20-29)30-21-13-6-14-22-30)23-33(50-32)46-26-42-34-35(40-25-41-36(34)46)43-37(47)27-15-7-3-8-16-27/h3-22,25-26,31-33,35,44H,23-24H2,1-2H3,(H,40,41)(H,43,47). The van der Waals surface area contributed by atoms with Gasteiger partial charge in [0.1, 0.15) is 17.7 Å². The number of rotatable bonds is 12. The molecular formula is C38H39ClN7O4P. The highest BCUT2D eigenvalue weighted by molar-refractivity contribution is 7.83. The molecule has 51 heavy (non-hydrogen) atoms. The highest BCUT2D eigenvalue weighted by atomic mass is 35.7. The van der Waals surface area contributed by atoms with Gasteiger partial charge in [-0.3, -0.25) is 19.2 Å². The zero-order valence-corrected chi connectivity index (χ0v) is 29.8. The predicted octanol–water partition coefficient (Wildman–Crippen LogP) is 6.93. The van der Waals surface area contributed by atoms with E-state index in [4.69, 9.17) is 20.5 Å². The molecule has 11 nitrogen and oxygen atoms in total. The first-order valence-corrected chi connectivity index (χ1v) is 19.2. The Morgan fingerprint density at radius 3 is 2.04 bits per heavy atom. The Balaban J connectivity index is 1.25. The van der Waals surface area contributed by atoms with Gasteiger partial charge in [0, 0.05) is 18.0 Å². The second-order valence-electron chi connectivity index (χ2n) is 12.6. The molecule has 3 N–H and O–H groups in total. The van der Waals surface area contributed by atoms with Crippen LogP contribution in [0.15, 0.2) is 133 Å². The molecule has 0 saturated carbocycles. The number of halogens is 1. The van der Waals surface area contributed by atoms with Crippen molar-refractivity contribution in [1.29, 1.82) is 0 Å². The van der Waals surface area contributed by atoms with Crippen LogP contribution in [0.3, 0.4) is 0 Å². The van der Waals surface area contributed by atoms with Crippen LogP contribution in [-0.2, 0) is 19.4 Å². The number of carbonyl (C=O) groups excluding carboxylic acids is 1. The van der Waals surface area contributed by atoms with Crippen molar-refractivity contribution >= 4 is 36.2 Å². The van der Waals surface area contributed by atoms with E-state index in [1.54, 1.807) is 38.9 Å². The van der Waals surface area contributed by atoms with E-state index in [2.05, 4.69) is 62.3 Å². The quantitative estimate of drug-likeness (QED) is 0.0937. The van der Waals surface area contributed by atoms with Crippen LogP contribution in [0.5, 0.6) is 0 Å². The fourth-order valence-corrected chi connectivity index (χ4v) is 7.40. The number of aromatic nitrogens is 2. The largest absolute Gasteiger partial charge is 0.362 e. The SMILES string of the molecule is CN(C)P(=O)(Cl)OCC1OC(n2cnc3c2NC=NC3NC(=O)c2ccccc2)CC1NC(c1ccccc1)(c1ccccc1)c1ccccc1. The number of nitrogens with one attached hydrogen (secondary N) is 3. The molecule has 1 aromatic heterocycles. The summed E-state index contributed by atoms with van der Waals surface area (Å²) < 4.78 is 29.1. The van der Waals surface area contributed by atoms with Gasteiger partial charge in [-0.2, -0.15) is 0 Å². The molecule has 1 amide bonds. The minimum Gasteiger partial charge on any atom is -0.351 e. The van der Waals surface area contributed by atoms with Gasteiger partial charge in [0.25, 0.3) is 5.91 Å². The molecule has 0 spiro atoms. The molecule has 0 radical (unpaired) electrons. The second-order valence-corrected chi connectivity index (χ2v) is 15.9. The summed E-state index contributed by atoms with van der Waals surface area (Å²) in [7, 11) is 3.23. The minimum atomic E-state index is -3.61. The molecule has 262 valence electrons. The lowest BCUT2D eigenvalue weighted by molar-refractivity contribution is -0.0222. The number of amides is 1. The van der Waals surface area contributed by atoms with Crippen molar-refractivity contribution in [3.05, 3.63) is 156 Å². The highest BCUT2D eigenvalue weighted by Crippen LogP contribution is 2.54. The zero-order valence-electron chi connectivity index (χ0n) is 28.2. The summed E-state index contributed by atoms with van der Waals surface area (Å²) in [5.41, 5.74) is 3.39. The molecular weight excluding hydrogens is 685 g/mol. The summed E-state index contributed by atoms with van der Waals surface area (Å²) in [6.07, 6.45) is 1.92. The Bertz CT molecular complexity index is 1920. The molecule has 5 atom stereocenters. The van der Waals surface area contributed by atoms with Crippen molar-refractivity contribution < 1.29 is 18.6 Å². The summed E-state index contributed by atoms with van der Waals surface area (Å²) in [5.74, 6) is 0.384. The fraction of sp³-hybridized carbons (Fsp3) is 0.237. The highest BCUT2D eigenvalue weighted by Gasteiger charge is 2.46. The Morgan fingerprint density at radius 2 is 1.49 bits per heavy atom. The molecule has 1 saturated heterocycles. The van der Waals surface area contributed by atoms with Crippen LogP contribution in [0.1, 0.15) is 51.6 Å². The Hall–Kier alpha value is -4.61. The van der Waals surface area contributed by atoms with Crippen molar-refractivity contribution in [2.24, 2.45) is 4.99 Å². The molecule has 2 aliphatic heterocycles. The van der Waals surface area contributed by atoms with Crippen LogP contribution in [0, 0.1) is 0 Å². The fourth-order valence-electron chi connectivity index (χ4n) is 6.67. The monoisotopic (exact) mass is 723 g/mol. The molecule has 7 rings (SSSR count). The second kappa shape index (κ2) is 14.9. The lowest BCUT2D eigenvalue weighted by atomic mass is 9.76. The first-order chi connectivity index (χ1) is 24.8. The maximum absolute atomic E-state index is 13.2. The van der Waals surface area contributed by atoms with Gasteiger partial charge < -0.3 is 19.9 Å². The number of anilines is 1. The molecule has 0 bridgehead atoms. The maximum Gasteiger partial charge on any atom is 0.362 e.